The quantitative estimate of drug-likeness (QED) is 0.658. The highest BCUT2D eigenvalue weighted by Crippen LogP contribution is 2.27. The Morgan fingerprint density at radius 2 is 1.93 bits per heavy atom. The Labute approximate surface area is 181 Å². The zero-order chi connectivity index (χ0) is 21.0. The molecule has 29 heavy (non-hydrogen) atoms. The Bertz CT molecular complexity index is 975. The first-order chi connectivity index (χ1) is 13.8. The maximum atomic E-state index is 12.7. The van der Waals surface area contributed by atoms with Gasteiger partial charge in [-0.3, -0.25) is 4.79 Å². The highest BCUT2D eigenvalue weighted by Gasteiger charge is 2.26. The number of nitrogens with one attached hydrogen (secondary N) is 1. The van der Waals surface area contributed by atoms with Crippen LogP contribution in [0.2, 0.25) is 5.02 Å². The molecule has 1 unspecified atom stereocenters. The lowest BCUT2D eigenvalue weighted by Crippen LogP contribution is -2.35. The molecule has 1 aliphatic heterocycles. The van der Waals surface area contributed by atoms with E-state index >= 15 is 0 Å². The second-order valence-corrected chi connectivity index (χ2v) is 10.7. The first-order valence-electron chi connectivity index (χ1n) is 9.48. The lowest BCUT2D eigenvalue weighted by Gasteiger charge is -2.25. The molecule has 0 radical (unpaired) electrons. The van der Waals surface area contributed by atoms with Crippen LogP contribution in [0.3, 0.4) is 0 Å². The maximum absolute atomic E-state index is 12.7. The Hall–Kier alpha value is -1.61. The van der Waals surface area contributed by atoms with Gasteiger partial charge in [0.05, 0.1) is 10.3 Å². The summed E-state index contributed by atoms with van der Waals surface area (Å²) in [6.07, 6.45) is 4.21. The number of thioether (sulfide) groups is 1. The van der Waals surface area contributed by atoms with Gasteiger partial charge in [-0.1, -0.05) is 35.9 Å². The van der Waals surface area contributed by atoms with E-state index in [-0.39, 0.29) is 10.8 Å². The molecule has 9 heteroatoms. The van der Waals surface area contributed by atoms with Crippen molar-refractivity contribution in [1.29, 1.82) is 0 Å². The summed E-state index contributed by atoms with van der Waals surface area (Å²) in [5.74, 6) is -0.174. The smallest absolute Gasteiger partial charge is 0.244 e. The molecule has 1 atom stereocenters. The third-order valence-electron chi connectivity index (χ3n) is 4.85. The van der Waals surface area contributed by atoms with Crippen LogP contribution in [0.25, 0.3) is 0 Å². The van der Waals surface area contributed by atoms with Crippen LogP contribution in [-0.2, 0) is 14.8 Å². The fourth-order valence-corrected chi connectivity index (χ4v) is 5.48. The third-order valence-corrected chi connectivity index (χ3v) is 8.20. The predicted molar refractivity (Wildman–Crippen MR) is 117 cm³/mol. The highest BCUT2D eigenvalue weighted by atomic mass is 35.5. The summed E-state index contributed by atoms with van der Waals surface area (Å²) in [6, 6.07) is 8.57. The van der Waals surface area contributed by atoms with E-state index in [2.05, 4.69) is 10.3 Å². The van der Waals surface area contributed by atoms with Crippen LogP contribution in [0.4, 0.5) is 5.69 Å². The van der Waals surface area contributed by atoms with Crippen molar-refractivity contribution in [3.05, 3.63) is 47.1 Å². The van der Waals surface area contributed by atoms with E-state index in [1.807, 2.05) is 6.92 Å². The number of aromatic nitrogens is 1. The van der Waals surface area contributed by atoms with Crippen LogP contribution < -0.4 is 5.32 Å². The van der Waals surface area contributed by atoms with E-state index in [1.54, 1.807) is 37.3 Å². The van der Waals surface area contributed by atoms with Gasteiger partial charge in [0.25, 0.3) is 0 Å². The van der Waals surface area contributed by atoms with Crippen LogP contribution in [0, 0.1) is 6.92 Å². The van der Waals surface area contributed by atoms with Crippen molar-refractivity contribution in [2.24, 2.45) is 0 Å². The van der Waals surface area contributed by atoms with E-state index in [1.165, 1.54) is 22.3 Å². The number of halogens is 1. The van der Waals surface area contributed by atoms with Gasteiger partial charge in [-0.25, -0.2) is 13.4 Å². The first-order valence-corrected chi connectivity index (χ1v) is 12.2. The zero-order valence-corrected chi connectivity index (χ0v) is 18.8. The zero-order valence-electron chi connectivity index (χ0n) is 16.4. The molecule has 2 aromatic rings. The van der Waals surface area contributed by atoms with E-state index in [9.17, 15) is 13.2 Å². The van der Waals surface area contributed by atoms with Crippen molar-refractivity contribution in [2.75, 3.05) is 18.4 Å². The molecule has 0 aliphatic carbocycles. The summed E-state index contributed by atoms with van der Waals surface area (Å²) in [7, 11) is -3.50. The molecule has 0 bridgehead atoms. The predicted octanol–water partition coefficient (Wildman–Crippen LogP) is 4.34. The van der Waals surface area contributed by atoms with Gasteiger partial charge < -0.3 is 5.32 Å². The number of sulfonamides is 1. The second-order valence-electron chi connectivity index (χ2n) is 6.96. The number of carbonyl (C=O) groups is 1. The van der Waals surface area contributed by atoms with Gasteiger partial charge in [-0.05, 0) is 56.5 Å². The van der Waals surface area contributed by atoms with Gasteiger partial charge >= 0.3 is 0 Å². The van der Waals surface area contributed by atoms with E-state index in [0.717, 1.165) is 24.8 Å². The molecule has 156 valence electrons. The standard InChI is InChI=1S/C20H24ClN3O3S2/c1-14-17(21)7-6-8-18(14)23-20(25)15(2)28-19-10-9-16(13-22-19)29(26,27)24-11-4-3-5-12-24/h6-10,13,15H,3-5,11-12H2,1-2H3,(H,23,25). The second kappa shape index (κ2) is 9.47. The van der Waals surface area contributed by atoms with Crippen LogP contribution >= 0.6 is 23.4 Å². The Morgan fingerprint density at radius 1 is 1.21 bits per heavy atom. The normalized spacial score (nSPS) is 16.4. The summed E-state index contributed by atoms with van der Waals surface area (Å²) in [4.78, 5) is 17.0. The number of carbonyl (C=O) groups excluding carboxylic acids is 1. The molecule has 6 nitrogen and oxygen atoms in total. The van der Waals surface area contributed by atoms with Gasteiger partial charge in [0.2, 0.25) is 15.9 Å². The van der Waals surface area contributed by atoms with E-state index in [0.29, 0.717) is 28.8 Å². The van der Waals surface area contributed by atoms with Crippen LogP contribution in [0.1, 0.15) is 31.7 Å². The first kappa shape index (κ1) is 22.1. The number of rotatable bonds is 6. The number of piperidine rings is 1. The minimum atomic E-state index is -3.50. The van der Waals surface area contributed by atoms with E-state index < -0.39 is 15.3 Å². The number of amides is 1. The van der Waals surface area contributed by atoms with Crippen molar-refractivity contribution in [3.8, 4) is 0 Å². The summed E-state index contributed by atoms with van der Waals surface area (Å²) < 4.78 is 26.9. The summed E-state index contributed by atoms with van der Waals surface area (Å²) in [6.45, 7) is 4.73. The summed E-state index contributed by atoms with van der Waals surface area (Å²) in [5, 5.41) is 3.65. The SMILES string of the molecule is Cc1c(Cl)cccc1NC(=O)C(C)Sc1ccc(S(=O)(=O)N2CCCCC2)cn1. The lowest BCUT2D eigenvalue weighted by atomic mass is 10.2. The monoisotopic (exact) mass is 453 g/mol. The van der Waals surface area contributed by atoms with Crippen molar-refractivity contribution >= 4 is 45.0 Å². The molecule has 1 aromatic heterocycles. The number of pyridine rings is 1. The largest absolute Gasteiger partial charge is 0.325 e. The van der Waals surface area contributed by atoms with Crippen molar-refractivity contribution in [1.82, 2.24) is 9.29 Å². The fraction of sp³-hybridized carbons (Fsp3) is 0.400. The molecule has 0 spiro atoms. The summed E-state index contributed by atoms with van der Waals surface area (Å²) in [5.41, 5.74) is 1.48. The number of hydrogen-bond acceptors (Lipinski definition) is 5. The molecule has 1 amide bonds. The van der Waals surface area contributed by atoms with Crippen LogP contribution in [-0.4, -0.2) is 42.0 Å². The van der Waals surface area contributed by atoms with Crippen LogP contribution in [0.5, 0.6) is 0 Å². The molecule has 1 fully saturated rings. The average Bonchev–Trinajstić information content (AvgIpc) is 2.72. The van der Waals surface area contributed by atoms with Crippen molar-refractivity contribution in [2.45, 2.75) is 48.3 Å². The molecule has 3 rings (SSSR count). The van der Waals surface area contributed by atoms with Gasteiger partial charge in [-0.2, -0.15) is 4.31 Å². The van der Waals surface area contributed by atoms with Crippen molar-refractivity contribution in [3.63, 3.8) is 0 Å². The summed E-state index contributed by atoms with van der Waals surface area (Å²) >= 11 is 7.37. The van der Waals surface area contributed by atoms with Crippen molar-refractivity contribution < 1.29 is 13.2 Å². The Kier molecular flexibility index (Phi) is 7.21. The number of nitrogens with zero attached hydrogens (tertiary/aromatic N) is 2. The maximum Gasteiger partial charge on any atom is 0.244 e. The highest BCUT2D eigenvalue weighted by molar-refractivity contribution is 8.00. The Balaban J connectivity index is 1.64. The lowest BCUT2D eigenvalue weighted by molar-refractivity contribution is -0.115. The third kappa shape index (κ3) is 5.31. The Morgan fingerprint density at radius 3 is 2.59 bits per heavy atom. The number of anilines is 1. The van der Waals surface area contributed by atoms with Gasteiger partial charge in [0, 0.05) is 30.0 Å². The van der Waals surface area contributed by atoms with Crippen LogP contribution in [0.15, 0.2) is 46.5 Å². The topological polar surface area (TPSA) is 79.4 Å². The molecule has 0 saturated carbocycles. The van der Waals surface area contributed by atoms with Gasteiger partial charge in [0.1, 0.15) is 4.90 Å². The fourth-order valence-electron chi connectivity index (χ4n) is 3.06. The minimum absolute atomic E-state index is 0.174. The molecule has 2 heterocycles. The molecule has 1 saturated heterocycles. The molecule has 1 aromatic carbocycles. The molecule has 1 aliphatic rings. The molecular formula is C20H24ClN3O3S2. The average molecular weight is 454 g/mol. The number of hydrogen-bond donors (Lipinski definition) is 1. The van der Waals surface area contributed by atoms with Gasteiger partial charge in [-0.15, -0.1) is 0 Å². The minimum Gasteiger partial charge on any atom is -0.325 e. The molecular weight excluding hydrogens is 430 g/mol. The number of benzene rings is 1. The van der Waals surface area contributed by atoms with E-state index in [4.69, 9.17) is 11.6 Å². The molecule has 1 N–H and O–H groups in total. The van der Waals surface area contributed by atoms with Gasteiger partial charge in [0.15, 0.2) is 0 Å².